The lowest BCUT2D eigenvalue weighted by Gasteiger charge is -2.00. The minimum absolute atomic E-state index is 0.451. The van der Waals surface area contributed by atoms with Crippen molar-refractivity contribution in [3.8, 4) is 0 Å². The summed E-state index contributed by atoms with van der Waals surface area (Å²) in [6.07, 6.45) is 1.55. The first-order valence-electron chi connectivity index (χ1n) is 4.89. The second-order valence-electron chi connectivity index (χ2n) is 3.63. The first kappa shape index (κ1) is 10.0. The van der Waals surface area contributed by atoms with Crippen LogP contribution in [0.5, 0.6) is 0 Å². The molecule has 0 aliphatic heterocycles. The molecule has 3 rings (SSSR count). The van der Waals surface area contributed by atoms with Crippen LogP contribution >= 0.6 is 11.6 Å². The molecule has 0 saturated carbocycles. The molecule has 0 radical (unpaired) electrons. The molecule has 2 heterocycles. The predicted molar refractivity (Wildman–Crippen MR) is 65.0 cm³/mol. The van der Waals surface area contributed by atoms with Gasteiger partial charge in [-0.1, -0.05) is 11.6 Å². The minimum atomic E-state index is -0.652. The molecular formula is C11H7ClN4O. The number of halogens is 1. The first-order valence-corrected chi connectivity index (χ1v) is 5.27. The van der Waals surface area contributed by atoms with Gasteiger partial charge in [-0.3, -0.25) is 0 Å². The lowest BCUT2D eigenvalue weighted by Crippen LogP contribution is -2.20. The highest BCUT2D eigenvalue weighted by Gasteiger charge is 2.09. The number of amides is 1. The summed E-state index contributed by atoms with van der Waals surface area (Å²) in [6, 6.07) is 6.56. The average molecular weight is 247 g/mol. The van der Waals surface area contributed by atoms with E-state index in [2.05, 4.69) is 10.1 Å². The van der Waals surface area contributed by atoms with Crippen LogP contribution in [0, 0.1) is 0 Å². The van der Waals surface area contributed by atoms with Gasteiger partial charge in [0.25, 0.3) is 0 Å². The van der Waals surface area contributed by atoms with Gasteiger partial charge in [-0.15, -0.1) is 0 Å². The van der Waals surface area contributed by atoms with Gasteiger partial charge in [-0.2, -0.15) is 9.78 Å². The predicted octanol–water partition coefficient (Wildman–Crippen LogP) is 2.16. The molecule has 2 aromatic heterocycles. The minimum Gasteiger partial charge on any atom is -0.350 e. The molecule has 0 aliphatic carbocycles. The second-order valence-corrected chi connectivity index (χ2v) is 4.07. The summed E-state index contributed by atoms with van der Waals surface area (Å²) in [5.41, 5.74) is 6.38. The molecule has 0 fully saturated rings. The molecule has 0 unspecified atom stereocenters. The largest absolute Gasteiger partial charge is 0.350 e. The molecule has 2 N–H and O–H groups in total. The van der Waals surface area contributed by atoms with Crippen molar-refractivity contribution in [2.45, 2.75) is 0 Å². The molecule has 0 atom stereocenters. The summed E-state index contributed by atoms with van der Waals surface area (Å²) in [4.78, 5) is 15.5. The second kappa shape index (κ2) is 3.43. The number of nitrogens with zero attached hydrogens (tertiary/aromatic N) is 3. The Morgan fingerprint density at radius 1 is 1.29 bits per heavy atom. The lowest BCUT2D eigenvalue weighted by molar-refractivity contribution is 0.248. The SMILES string of the molecule is NC(=O)n1ncc2cc3cc(Cl)ccc3nc21. The van der Waals surface area contributed by atoms with Crippen molar-refractivity contribution in [1.29, 1.82) is 0 Å². The lowest BCUT2D eigenvalue weighted by atomic mass is 10.2. The monoisotopic (exact) mass is 246 g/mol. The number of nitrogens with two attached hydrogens (primary N) is 1. The number of benzene rings is 1. The van der Waals surface area contributed by atoms with Gasteiger partial charge < -0.3 is 5.73 Å². The van der Waals surface area contributed by atoms with Crippen LogP contribution in [-0.2, 0) is 0 Å². The van der Waals surface area contributed by atoms with Gasteiger partial charge in [0.05, 0.1) is 11.7 Å². The van der Waals surface area contributed by atoms with Gasteiger partial charge >= 0.3 is 6.03 Å². The summed E-state index contributed by atoms with van der Waals surface area (Å²) in [7, 11) is 0. The van der Waals surface area contributed by atoms with Crippen LogP contribution in [0.15, 0.2) is 30.5 Å². The maximum Gasteiger partial charge on any atom is 0.341 e. The van der Waals surface area contributed by atoms with Crippen LogP contribution in [0.1, 0.15) is 0 Å². The maximum atomic E-state index is 11.1. The van der Waals surface area contributed by atoms with Crippen molar-refractivity contribution < 1.29 is 4.79 Å². The normalized spacial score (nSPS) is 11.1. The Labute approximate surface area is 101 Å². The Kier molecular flexibility index (Phi) is 2.02. The van der Waals surface area contributed by atoms with Crippen molar-refractivity contribution >= 4 is 39.6 Å². The quantitative estimate of drug-likeness (QED) is 0.661. The fourth-order valence-electron chi connectivity index (χ4n) is 1.75. The molecule has 0 saturated heterocycles. The van der Waals surface area contributed by atoms with Gasteiger partial charge in [-0.25, -0.2) is 9.78 Å². The summed E-state index contributed by atoms with van der Waals surface area (Å²) in [6.45, 7) is 0. The average Bonchev–Trinajstić information content (AvgIpc) is 2.68. The smallest absolute Gasteiger partial charge is 0.341 e. The van der Waals surface area contributed by atoms with E-state index in [0.29, 0.717) is 10.7 Å². The van der Waals surface area contributed by atoms with Crippen LogP contribution in [0.3, 0.4) is 0 Å². The van der Waals surface area contributed by atoms with Gasteiger partial charge in [-0.05, 0) is 24.3 Å². The number of fused-ring (bicyclic) bond motifs is 2. The number of rotatable bonds is 0. The number of hydrogen-bond donors (Lipinski definition) is 1. The molecule has 0 spiro atoms. The van der Waals surface area contributed by atoms with Crippen LogP contribution < -0.4 is 5.73 Å². The third-order valence-corrected chi connectivity index (χ3v) is 2.74. The Balaban J connectivity index is 2.41. The highest BCUT2D eigenvalue weighted by atomic mass is 35.5. The van der Waals surface area contributed by atoms with Gasteiger partial charge in [0.2, 0.25) is 0 Å². The zero-order chi connectivity index (χ0) is 12.0. The van der Waals surface area contributed by atoms with E-state index in [1.807, 2.05) is 12.1 Å². The Hall–Kier alpha value is -2.14. The summed E-state index contributed by atoms with van der Waals surface area (Å²) >= 11 is 5.90. The Bertz CT molecular complexity index is 750. The molecule has 6 heteroatoms. The third-order valence-electron chi connectivity index (χ3n) is 2.51. The van der Waals surface area contributed by atoms with E-state index in [-0.39, 0.29) is 0 Å². The van der Waals surface area contributed by atoms with Gasteiger partial charge in [0.15, 0.2) is 5.65 Å². The van der Waals surface area contributed by atoms with E-state index in [1.165, 1.54) is 0 Å². The zero-order valence-corrected chi connectivity index (χ0v) is 9.35. The molecular weight excluding hydrogens is 240 g/mol. The topological polar surface area (TPSA) is 73.8 Å². The van der Waals surface area contributed by atoms with Crippen molar-refractivity contribution in [3.05, 3.63) is 35.5 Å². The molecule has 84 valence electrons. The summed E-state index contributed by atoms with van der Waals surface area (Å²) < 4.78 is 1.07. The molecule has 5 nitrogen and oxygen atoms in total. The van der Waals surface area contributed by atoms with Crippen molar-refractivity contribution in [2.24, 2.45) is 5.73 Å². The van der Waals surface area contributed by atoms with Crippen LogP contribution in [0.2, 0.25) is 5.02 Å². The van der Waals surface area contributed by atoms with E-state index >= 15 is 0 Å². The summed E-state index contributed by atoms with van der Waals surface area (Å²) in [5.74, 6) is 0. The molecule has 0 bridgehead atoms. The molecule has 3 aromatic rings. The van der Waals surface area contributed by atoms with Crippen molar-refractivity contribution in [3.63, 3.8) is 0 Å². The number of aromatic nitrogens is 3. The number of carbonyl (C=O) groups excluding carboxylic acids is 1. The zero-order valence-electron chi connectivity index (χ0n) is 8.59. The molecule has 0 aliphatic rings. The number of carbonyl (C=O) groups is 1. The van der Waals surface area contributed by atoms with E-state index < -0.39 is 6.03 Å². The van der Waals surface area contributed by atoms with E-state index in [4.69, 9.17) is 17.3 Å². The van der Waals surface area contributed by atoms with E-state index in [9.17, 15) is 4.79 Å². The Morgan fingerprint density at radius 2 is 2.12 bits per heavy atom. The highest BCUT2D eigenvalue weighted by molar-refractivity contribution is 6.31. The molecule has 1 aromatic carbocycles. The highest BCUT2D eigenvalue weighted by Crippen LogP contribution is 2.22. The third kappa shape index (κ3) is 1.52. The van der Waals surface area contributed by atoms with Crippen molar-refractivity contribution in [1.82, 2.24) is 14.8 Å². The van der Waals surface area contributed by atoms with Crippen LogP contribution in [0.25, 0.3) is 21.9 Å². The van der Waals surface area contributed by atoms with Gasteiger partial charge in [0, 0.05) is 15.8 Å². The summed E-state index contributed by atoms with van der Waals surface area (Å²) in [5, 5.41) is 6.17. The number of pyridine rings is 1. The van der Waals surface area contributed by atoms with E-state index in [1.54, 1.807) is 18.3 Å². The van der Waals surface area contributed by atoms with Gasteiger partial charge in [0.1, 0.15) is 0 Å². The van der Waals surface area contributed by atoms with Crippen LogP contribution in [0.4, 0.5) is 4.79 Å². The van der Waals surface area contributed by atoms with E-state index in [0.717, 1.165) is 21.0 Å². The standard InChI is InChI=1S/C11H7ClN4O/c12-8-1-2-9-6(4-8)3-7-5-14-16(11(13)17)10(7)15-9/h1-5H,(H2,13,17). The molecule has 1 amide bonds. The molecule has 17 heavy (non-hydrogen) atoms. The number of hydrogen-bond acceptors (Lipinski definition) is 3. The van der Waals surface area contributed by atoms with Crippen molar-refractivity contribution in [2.75, 3.05) is 0 Å². The first-order chi connectivity index (χ1) is 8.15. The fraction of sp³-hybridized carbons (Fsp3) is 0. The Morgan fingerprint density at radius 3 is 2.88 bits per heavy atom. The fourth-order valence-corrected chi connectivity index (χ4v) is 1.93. The van der Waals surface area contributed by atoms with Crippen LogP contribution in [-0.4, -0.2) is 20.8 Å². The number of primary amides is 1. The maximum absolute atomic E-state index is 11.1.